The van der Waals surface area contributed by atoms with Crippen LogP contribution in [0.1, 0.15) is 22.0 Å². The van der Waals surface area contributed by atoms with Gasteiger partial charge in [0.15, 0.2) is 0 Å². The van der Waals surface area contributed by atoms with E-state index in [0.29, 0.717) is 6.07 Å². The second-order valence-electron chi connectivity index (χ2n) is 5.34. The maximum Gasteiger partial charge on any atom is 0.340 e. The first-order valence-electron chi connectivity index (χ1n) is 7.47. The molecule has 11 heteroatoms. The highest BCUT2D eigenvalue weighted by atomic mass is 19.1. The van der Waals surface area contributed by atoms with Crippen molar-refractivity contribution < 1.29 is 28.9 Å². The molecule has 2 rings (SSSR count). The van der Waals surface area contributed by atoms with Gasteiger partial charge in [-0.3, -0.25) is 20.2 Å². The van der Waals surface area contributed by atoms with Gasteiger partial charge < -0.3 is 15.2 Å². The van der Waals surface area contributed by atoms with Crippen molar-refractivity contribution in [3.8, 4) is 0 Å². The predicted octanol–water partition coefficient (Wildman–Crippen LogP) is 2.57. The molecule has 0 aliphatic rings. The molecule has 0 saturated carbocycles. The molecule has 0 spiro atoms. The van der Waals surface area contributed by atoms with Crippen molar-refractivity contribution in [1.29, 1.82) is 0 Å². The van der Waals surface area contributed by atoms with Crippen molar-refractivity contribution in [2.75, 3.05) is 19.0 Å². The van der Waals surface area contributed by atoms with E-state index in [0.717, 1.165) is 19.2 Å². The number of carbonyl (C=O) groups excluding carboxylic acids is 1. The minimum Gasteiger partial charge on any atom is -0.465 e. The summed E-state index contributed by atoms with van der Waals surface area (Å²) in [7, 11) is 1.01. The van der Waals surface area contributed by atoms with E-state index in [1.54, 1.807) is 0 Å². The van der Waals surface area contributed by atoms with Crippen molar-refractivity contribution in [2.45, 2.75) is 6.10 Å². The lowest BCUT2D eigenvalue weighted by molar-refractivity contribution is -0.393. The third kappa shape index (κ3) is 4.52. The highest BCUT2D eigenvalue weighted by molar-refractivity contribution is 5.99. The van der Waals surface area contributed by atoms with E-state index in [9.17, 15) is 34.5 Å². The number of non-ortho nitro benzene ring substituents is 1. The number of carbonyl (C=O) groups is 1. The number of hydrogen-bond acceptors (Lipinski definition) is 8. The zero-order chi connectivity index (χ0) is 20.1. The van der Waals surface area contributed by atoms with Crippen molar-refractivity contribution in [3.05, 3.63) is 73.6 Å². The van der Waals surface area contributed by atoms with Crippen LogP contribution >= 0.6 is 0 Å². The summed E-state index contributed by atoms with van der Waals surface area (Å²) in [6.45, 7) is -0.327. The Morgan fingerprint density at radius 2 is 1.96 bits per heavy atom. The summed E-state index contributed by atoms with van der Waals surface area (Å²) in [5.41, 5.74) is -2.00. The lowest BCUT2D eigenvalue weighted by Gasteiger charge is -2.15. The van der Waals surface area contributed by atoms with Gasteiger partial charge in [-0.25, -0.2) is 9.18 Å². The average Bonchev–Trinajstić information content (AvgIpc) is 2.64. The molecular weight excluding hydrogens is 365 g/mol. The summed E-state index contributed by atoms with van der Waals surface area (Å²) in [4.78, 5) is 32.4. The number of halogens is 1. The van der Waals surface area contributed by atoms with E-state index in [1.807, 2.05) is 0 Å². The van der Waals surface area contributed by atoms with Gasteiger partial charge in [0.25, 0.3) is 11.4 Å². The van der Waals surface area contributed by atoms with E-state index in [4.69, 9.17) is 0 Å². The summed E-state index contributed by atoms with van der Waals surface area (Å²) in [6, 6.07) is 6.60. The van der Waals surface area contributed by atoms with Gasteiger partial charge in [0, 0.05) is 12.6 Å². The van der Waals surface area contributed by atoms with E-state index in [2.05, 4.69) is 10.1 Å². The van der Waals surface area contributed by atoms with Crippen molar-refractivity contribution in [2.24, 2.45) is 0 Å². The number of benzene rings is 2. The number of rotatable bonds is 7. The van der Waals surface area contributed by atoms with Crippen LogP contribution in [-0.2, 0) is 4.74 Å². The van der Waals surface area contributed by atoms with Crippen LogP contribution in [0.5, 0.6) is 0 Å². The Labute approximate surface area is 151 Å². The van der Waals surface area contributed by atoms with Crippen molar-refractivity contribution in [1.82, 2.24) is 0 Å². The largest absolute Gasteiger partial charge is 0.465 e. The van der Waals surface area contributed by atoms with Crippen molar-refractivity contribution >= 4 is 23.0 Å². The number of esters is 1. The quantitative estimate of drug-likeness (QED) is 0.424. The minimum atomic E-state index is -1.26. The number of ether oxygens (including phenoxy) is 1. The second-order valence-corrected chi connectivity index (χ2v) is 5.34. The van der Waals surface area contributed by atoms with E-state index >= 15 is 0 Å². The van der Waals surface area contributed by atoms with Gasteiger partial charge >= 0.3 is 5.97 Å². The first-order chi connectivity index (χ1) is 12.7. The van der Waals surface area contributed by atoms with E-state index in [-0.39, 0.29) is 17.8 Å². The number of aliphatic hydroxyl groups is 1. The molecule has 0 bridgehead atoms. The van der Waals surface area contributed by atoms with Gasteiger partial charge in [0.1, 0.15) is 11.5 Å². The SMILES string of the molecule is COC(=O)c1cc([N+](=O)[O-])cc([N+](=O)[O-])c1NCC(O)c1cccc(F)c1. The third-order valence-corrected chi connectivity index (χ3v) is 3.62. The highest BCUT2D eigenvalue weighted by Crippen LogP contribution is 2.34. The van der Waals surface area contributed by atoms with Gasteiger partial charge in [-0.1, -0.05) is 12.1 Å². The van der Waals surface area contributed by atoms with Crippen LogP contribution in [0.25, 0.3) is 0 Å². The monoisotopic (exact) mass is 379 g/mol. The molecule has 27 heavy (non-hydrogen) atoms. The van der Waals surface area contributed by atoms with Crippen LogP contribution < -0.4 is 5.32 Å². The zero-order valence-corrected chi connectivity index (χ0v) is 13.9. The number of anilines is 1. The molecule has 0 aliphatic carbocycles. The first kappa shape index (κ1) is 19.7. The van der Waals surface area contributed by atoms with Crippen LogP contribution in [0.15, 0.2) is 36.4 Å². The number of nitro benzene ring substituents is 2. The predicted molar refractivity (Wildman–Crippen MR) is 90.9 cm³/mol. The highest BCUT2D eigenvalue weighted by Gasteiger charge is 2.28. The maximum atomic E-state index is 13.3. The maximum absolute atomic E-state index is 13.3. The molecule has 2 aromatic carbocycles. The number of methoxy groups -OCH3 is 1. The molecule has 0 amide bonds. The molecule has 1 atom stereocenters. The van der Waals surface area contributed by atoms with Gasteiger partial charge in [0.2, 0.25) is 0 Å². The molecule has 0 aromatic heterocycles. The van der Waals surface area contributed by atoms with Gasteiger partial charge in [-0.15, -0.1) is 0 Å². The number of nitrogens with one attached hydrogen (secondary N) is 1. The number of nitrogens with zero attached hydrogens (tertiary/aromatic N) is 2. The fraction of sp³-hybridized carbons (Fsp3) is 0.188. The number of nitro groups is 2. The Bertz CT molecular complexity index is 904. The summed E-state index contributed by atoms with van der Waals surface area (Å²) in [5, 5.41) is 34.9. The summed E-state index contributed by atoms with van der Waals surface area (Å²) in [5.74, 6) is -1.62. The van der Waals surface area contributed by atoms with Gasteiger partial charge in [-0.05, 0) is 17.7 Å². The van der Waals surface area contributed by atoms with Crippen LogP contribution in [0.3, 0.4) is 0 Å². The smallest absolute Gasteiger partial charge is 0.340 e. The lowest BCUT2D eigenvalue weighted by atomic mass is 10.1. The van der Waals surface area contributed by atoms with Gasteiger partial charge in [-0.2, -0.15) is 0 Å². The van der Waals surface area contributed by atoms with Crippen LogP contribution in [-0.4, -0.2) is 34.6 Å². The Kier molecular flexibility index (Phi) is 5.98. The fourth-order valence-electron chi connectivity index (χ4n) is 2.35. The number of aliphatic hydroxyl groups excluding tert-OH is 1. The van der Waals surface area contributed by atoms with E-state index in [1.165, 1.54) is 18.2 Å². The minimum absolute atomic E-state index is 0.201. The normalized spacial score (nSPS) is 11.5. The van der Waals surface area contributed by atoms with Crippen LogP contribution in [0.2, 0.25) is 0 Å². The van der Waals surface area contributed by atoms with Crippen LogP contribution in [0, 0.1) is 26.0 Å². The lowest BCUT2D eigenvalue weighted by Crippen LogP contribution is -2.16. The zero-order valence-electron chi connectivity index (χ0n) is 13.9. The molecule has 2 N–H and O–H groups in total. The van der Waals surface area contributed by atoms with Crippen LogP contribution in [0.4, 0.5) is 21.5 Å². The van der Waals surface area contributed by atoms with Gasteiger partial charge in [0.05, 0.1) is 34.7 Å². The molecule has 2 aromatic rings. The molecule has 0 saturated heterocycles. The molecule has 10 nitrogen and oxygen atoms in total. The average molecular weight is 379 g/mol. The molecular formula is C16H14FN3O7. The molecule has 1 unspecified atom stereocenters. The standard InChI is InChI=1S/C16H14FN3O7/c1-27-16(22)12-6-11(19(23)24)7-13(20(25)26)15(12)18-8-14(21)9-3-2-4-10(17)5-9/h2-7,14,18,21H,8H2,1H3. The second kappa shape index (κ2) is 8.19. The third-order valence-electron chi connectivity index (χ3n) is 3.62. The summed E-state index contributed by atoms with van der Waals surface area (Å²) < 4.78 is 17.8. The Morgan fingerprint density at radius 3 is 2.52 bits per heavy atom. The molecule has 0 fully saturated rings. The van der Waals surface area contributed by atoms with E-state index < -0.39 is 44.7 Å². The topological polar surface area (TPSA) is 145 Å². The molecule has 0 heterocycles. The fourth-order valence-corrected chi connectivity index (χ4v) is 2.35. The Hall–Kier alpha value is -3.60. The summed E-state index contributed by atoms with van der Waals surface area (Å²) >= 11 is 0. The molecule has 0 radical (unpaired) electrons. The molecule has 0 aliphatic heterocycles. The Morgan fingerprint density at radius 1 is 1.26 bits per heavy atom. The molecule has 142 valence electrons. The first-order valence-corrected chi connectivity index (χ1v) is 7.47. The summed E-state index contributed by atoms with van der Waals surface area (Å²) in [6.07, 6.45) is -1.26. The Balaban J connectivity index is 2.42. The van der Waals surface area contributed by atoms with Crippen molar-refractivity contribution in [3.63, 3.8) is 0 Å². The number of hydrogen-bond donors (Lipinski definition) is 2.